The second-order valence-electron chi connectivity index (χ2n) is 7.66. The molecule has 0 aromatic heterocycles. The Labute approximate surface area is 191 Å². The SMILES string of the molecule is CCCN(CC(=O)O)C(=O)CNC(=O)CNC(=O)OCC1c2ccccc2-c2ccccc21. The van der Waals surface area contributed by atoms with Gasteiger partial charge in [-0.15, -0.1) is 0 Å². The summed E-state index contributed by atoms with van der Waals surface area (Å²) in [5, 5.41) is 13.6. The Morgan fingerprint density at radius 2 is 1.55 bits per heavy atom. The fourth-order valence-electron chi connectivity index (χ4n) is 3.88. The van der Waals surface area contributed by atoms with Gasteiger partial charge in [-0.1, -0.05) is 55.5 Å². The topological polar surface area (TPSA) is 125 Å². The largest absolute Gasteiger partial charge is 0.480 e. The predicted octanol–water partition coefficient (Wildman–Crippen LogP) is 1.96. The highest BCUT2D eigenvalue weighted by Crippen LogP contribution is 2.44. The fourth-order valence-corrected chi connectivity index (χ4v) is 3.88. The van der Waals surface area contributed by atoms with Gasteiger partial charge in [-0.3, -0.25) is 14.4 Å². The number of carbonyl (C=O) groups excluding carboxylic acids is 3. The maximum absolute atomic E-state index is 12.1. The van der Waals surface area contributed by atoms with Crippen molar-refractivity contribution in [2.75, 3.05) is 32.8 Å². The number of carboxylic acid groups (broad SMARTS) is 1. The van der Waals surface area contributed by atoms with Crippen LogP contribution in [0.15, 0.2) is 48.5 Å². The first-order chi connectivity index (χ1) is 15.9. The molecule has 0 spiro atoms. The van der Waals surface area contributed by atoms with Crippen LogP contribution in [0.25, 0.3) is 11.1 Å². The molecule has 0 saturated carbocycles. The fraction of sp³-hybridized carbons (Fsp3) is 0.333. The summed E-state index contributed by atoms with van der Waals surface area (Å²) in [7, 11) is 0. The Balaban J connectivity index is 1.45. The Kier molecular flexibility index (Phi) is 8.01. The number of hydrogen-bond donors (Lipinski definition) is 3. The minimum atomic E-state index is -1.12. The number of ether oxygens (including phenoxy) is 1. The maximum atomic E-state index is 12.1. The van der Waals surface area contributed by atoms with E-state index in [-0.39, 0.29) is 32.2 Å². The van der Waals surface area contributed by atoms with Crippen LogP contribution in [0.4, 0.5) is 4.79 Å². The zero-order chi connectivity index (χ0) is 23.8. The molecule has 2 aromatic rings. The van der Waals surface area contributed by atoms with E-state index < -0.39 is 30.4 Å². The van der Waals surface area contributed by atoms with Crippen molar-refractivity contribution in [3.05, 3.63) is 59.7 Å². The number of amides is 3. The van der Waals surface area contributed by atoms with E-state index in [4.69, 9.17) is 9.84 Å². The van der Waals surface area contributed by atoms with Crippen molar-refractivity contribution in [1.29, 1.82) is 0 Å². The molecule has 0 saturated heterocycles. The molecule has 1 aliphatic rings. The van der Waals surface area contributed by atoms with Crippen LogP contribution >= 0.6 is 0 Å². The van der Waals surface area contributed by atoms with Crippen LogP contribution in [0.5, 0.6) is 0 Å². The van der Waals surface area contributed by atoms with Crippen LogP contribution < -0.4 is 10.6 Å². The molecule has 9 heteroatoms. The third kappa shape index (κ3) is 6.09. The number of rotatable bonds is 10. The molecule has 2 aromatic carbocycles. The lowest BCUT2D eigenvalue weighted by atomic mass is 9.98. The molecule has 3 amide bonds. The molecule has 0 heterocycles. The standard InChI is InChI=1S/C24H27N3O6/c1-2-11-27(14-23(30)31)22(29)13-25-21(28)12-26-24(32)33-15-20-18-9-5-3-7-16(18)17-8-4-6-10-19(17)20/h3-10,20H,2,11-15H2,1H3,(H,25,28)(H,26,32)(H,30,31). The van der Waals surface area contributed by atoms with E-state index >= 15 is 0 Å². The summed E-state index contributed by atoms with van der Waals surface area (Å²) in [5.74, 6) is -2.30. The van der Waals surface area contributed by atoms with E-state index in [1.165, 1.54) is 0 Å². The summed E-state index contributed by atoms with van der Waals surface area (Å²) in [6.07, 6.45) is -0.145. The van der Waals surface area contributed by atoms with Gasteiger partial charge in [0.05, 0.1) is 6.54 Å². The highest BCUT2D eigenvalue weighted by Gasteiger charge is 2.29. The number of nitrogens with one attached hydrogen (secondary N) is 2. The Morgan fingerprint density at radius 1 is 0.939 bits per heavy atom. The molecule has 174 valence electrons. The Morgan fingerprint density at radius 3 is 2.12 bits per heavy atom. The predicted molar refractivity (Wildman–Crippen MR) is 121 cm³/mol. The second-order valence-corrected chi connectivity index (χ2v) is 7.66. The normalized spacial score (nSPS) is 11.8. The van der Waals surface area contributed by atoms with Crippen molar-refractivity contribution in [2.24, 2.45) is 0 Å². The molecule has 0 bridgehead atoms. The van der Waals surface area contributed by atoms with Crippen LogP contribution in [0.1, 0.15) is 30.4 Å². The molecule has 3 N–H and O–H groups in total. The highest BCUT2D eigenvalue weighted by molar-refractivity contribution is 5.88. The number of alkyl carbamates (subject to hydrolysis) is 1. The molecule has 1 aliphatic carbocycles. The lowest BCUT2D eigenvalue weighted by Crippen LogP contribution is -2.45. The summed E-state index contributed by atoms with van der Waals surface area (Å²) in [4.78, 5) is 48.2. The van der Waals surface area contributed by atoms with E-state index in [2.05, 4.69) is 10.6 Å². The quantitative estimate of drug-likeness (QED) is 0.505. The lowest BCUT2D eigenvalue weighted by molar-refractivity contribution is -0.144. The van der Waals surface area contributed by atoms with Crippen molar-refractivity contribution in [1.82, 2.24) is 15.5 Å². The highest BCUT2D eigenvalue weighted by atomic mass is 16.5. The summed E-state index contributed by atoms with van der Waals surface area (Å²) < 4.78 is 5.36. The molecule has 0 fully saturated rings. The molecular formula is C24H27N3O6. The van der Waals surface area contributed by atoms with Gasteiger partial charge in [0.2, 0.25) is 11.8 Å². The van der Waals surface area contributed by atoms with Gasteiger partial charge in [-0.05, 0) is 28.7 Å². The van der Waals surface area contributed by atoms with Crippen LogP contribution in [0.2, 0.25) is 0 Å². The minimum absolute atomic E-state index is 0.0895. The monoisotopic (exact) mass is 453 g/mol. The minimum Gasteiger partial charge on any atom is -0.480 e. The molecule has 3 rings (SSSR count). The summed E-state index contributed by atoms with van der Waals surface area (Å²) in [6.45, 7) is 1.08. The van der Waals surface area contributed by atoms with Gasteiger partial charge in [-0.2, -0.15) is 0 Å². The zero-order valence-electron chi connectivity index (χ0n) is 18.4. The van der Waals surface area contributed by atoms with E-state index in [0.717, 1.165) is 27.2 Å². The first kappa shape index (κ1) is 23.8. The van der Waals surface area contributed by atoms with Crippen LogP contribution in [0.3, 0.4) is 0 Å². The average Bonchev–Trinajstić information content (AvgIpc) is 3.13. The van der Waals surface area contributed by atoms with Crippen molar-refractivity contribution in [3.63, 3.8) is 0 Å². The summed E-state index contributed by atoms with van der Waals surface area (Å²) in [5.41, 5.74) is 4.40. The van der Waals surface area contributed by atoms with Crippen molar-refractivity contribution >= 4 is 23.9 Å². The van der Waals surface area contributed by atoms with Crippen molar-refractivity contribution in [3.8, 4) is 11.1 Å². The lowest BCUT2D eigenvalue weighted by Gasteiger charge is -2.20. The molecule has 33 heavy (non-hydrogen) atoms. The van der Waals surface area contributed by atoms with Gasteiger partial charge in [0, 0.05) is 12.5 Å². The number of carbonyl (C=O) groups is 4. The summed E-state index contributed by atoms with van der Waals surface area (Å²) in [6, 6.07) is 15.9. The number of nitrogens with zero attached hydrogens (tertiary/aromatic N) is 1. The maximum Gasteiger partial charge on any atom is 0.407 e. The zero-order valence-corrected chi connectivity index (χ0v) is 18.4. The van der Waals surface area contributed by atoms with Gasteiger partial charge < -0.3 is 25.4 Å². The van der Waals surface area contributed by atoms with Gasteiger partial charge in [0.1, 0.15) is 19.7 Å². The molecule has 0 radical (unpaired) electrons. The average molecular weight is 453 g/mol. The van der Waals surface area contributed by atoms with Crippen LogP contribution in [-0.4, -0.2) is 66.7 Å². The molecule has 0 aliphatic heterocycles. The van der Waals surface area contributed by atoms with Gasteiger partial charge >= 0.3 is 12.1 Å². The van der Waals surface area contributed by atoms with Crippen molar-refractivity contribution in [2.45, 2.75) is 19.3 Å². The van der Waals surface area contributed by atoms with E-state index in [1.807, 2.05) is 55.5 Å². The Bertz CT molecular complexity index is 993. The van der Waals surface area contributed by atoms with Crippen LogP contribution in [-0.2, 0) is 19.1 Å². The second kappa shape index (κ2) is 11.1. The number of aliphatic carboxylic acids is 1. The molecule has 9 nitrogen and oxygen atoms in total. The first-order valence-electron chi connectivity index (χ1n) is 10.8. The van der Waals surface area contributed by atoms with Gasteiger partial charge in [-0.25, -0.2) is 4.79 Å². The van der Waals surface area contributed by atoms with Crippen LogP contribution in [0, 0.1) is 0 Å². The van der Waals surface area contributed by atoms with Gasteiger partial charge in [0.15, 0.2) is 0 Å². The number of hydrogen-bond acceptors (Lipinski definition) is 5. The Hall–Kier alpha value is -3.88. The number of carboxylic acids is 1. The number of benzene rings is 2. The smallest absolute Gasteiger partial charge is 0.407 e. The number of fused-ring (bicyclic) bond motifs is 3. The third-order valence-electron chi connectivity index (χ3n) is 5.35. The van der Waals surface area contributed by atoms with Crippen molar-refractivity contribution < 1.29 is 29.0 Å². The van der Waals surface area contributed by atoms with Gasteiger partial charge in [0.25, 0.3) is 0 Å². The van der Waals surface area contributed by atoms with E-state index in [0.29, 0.717) is 6.42 Å². The molecule has 0 unspecified atom stereocenters. The molecule has 0 atom stereocenters. The third-order valence-corrected chi connectivity index (χ3v) is 5.35. The van der Waals surface area contributed by atoms with E-state index in [9.17, 15) is 19.2 Å². The first-order valence-corrected chi connectivity index (χ1v) is 10.8. The van der Waals surface area contributed by atoms with E-state index in [1.54, 1.807) is 0 Å². The summed E-state index contributed by atoms with van der Waals surface area (Å²) >= 11 is 0. The molecular weight excluding hydrogens is 426 g/mol.